The van der Waals surface area contributed by atoms with Crippen molar-refractivity contribution >= 4 is 38.4 Å². The maximum Gasteiger partial charge on any atom is 0.350 e. The number of hydrogen-bond donors (Lipinski definition) is 1. The quantitative estimate of drug-likeness (QED) is 0.696. The molecule has 0 atom stereocenters. The Labute approximate surface area is 173 Å². The summed E-state index contributed by atoms with van der Waals surface area (Å²) in [5, 5.41) is 2.88. The number of nitrogens with one attached hydrogen (secondary N) is 1. The molecule has 0 aliphatic carbocycles. The molecule has 1 N–H and O–H groups in total. The third-order valence-electron chi connectivity index (χ3n) is 4.53. The second-order valence-corrected chi connectivity index (χ2v) is 9.54. The van der Waals surface area contributed by atoms with Gasteiger partial charge in [0.2, 0.25) is 10.0 Å². The van der Waals surface area contributed by atoms with Crippen LogP contribution < -0.4 is 5.32 Å². The molecule has 2 aromatic rings. The first-order valence-electron chi connectivity index (χ1n) is 9.39. The molecule has 1 fully saturated rings. The Morgan fingerprint density at radius 1 is 1.24 bits per heavy atom. The first-order chi connectivity index (χ1) is 13.8. The molecule has 1 amide bonds. The summed E-state index contributed by atoms with van der Waals surface area (Å²) in [7, 11) is -3.63. The van der Waals surface area contributed by atoms with Gasteiger partial charge in [-0.3, -0.25) is 10.1 Å². The molecule has 1 saturated heterocycles. The van der Waals surface area contributed by atoms with Crippen LogP contribution in [-0.4, -0.2) is 49.3 Å². The highest BCUT2D eigenvalue weighted by molar-refractivity contribution is 7.89. The molecule has 0 bridgehead atoms. The second kappa shape index (κ2) is 9.02. The summed E-state index contributed by atoms with van der Waals surface area (Å²) in [5.74, 6) is -0.984. The van der Waals surface area contributed by atoms with Gasteiger partial charge in [0.15, 0.2) is 5.13 Å². The number of aromatic nitrogens is 1. The smallest absolute Gasteiger partial charge is 0.350 e. The van der Waals surface area contributed by atoms with Gasteiger partial charge < -0.3 is 4.74 Å². The van der Waals surface area contributed by atoms with Crippen molar-refractivity contribution in [2.75, 3.05) is 25.0 Å². The first kappa shape index (κ1) is 21.4. The molecule has 0 saturated carbocycles. The zero-order chi connectivity index (χ0) is 21.0. The molecule has 29 heavy (non-hydrogen) atoms. The van der Waals surface area contributed by atoms with Crippen LogP contribution in [0.4, 0.5) is 5.13 Å². The summed E-state index contributed by atoms with van der Waals surface area (Å²) in [4.78, 5) is 29.1. The summed E-state index contributed by atoms with van der Waals surface area (Å²) in [6, 6.07) is 5.94. The Balaban J connectivity index is 1.78. The van der Waals surface area contributed by atoms with E-state index in [0.717, 1.165) is 30.6 Å². The number of hydrogen-bond acceptors (Lipinski definition) is 7. The normalized spacial score (nSPS) is 15.1. The Morgan fingerprint density at radius 2 is 1.97 bits per heavy atom. The van der Waals surface area contributed by atoms with Gasteiger partial charge in [-0.25, -0.2) is 18.2 Å². The van der Waals surface area contributed by atoms with Gasteiger partial charge in [-0.2, -0.15) is 4.31 Å². The highest BCUT2D eigenvalue weighted by Crippen LogP contribution is 2.25. The SMILES string of the molecule is CCOC(=O)c1sc(NC(=O)c2cccc(S(=O)(=O)N3CCCCC3)c2)nc1C. The number of nitrogens with zero attached hydrogens (tertiary/aromatic N) is 2. The lowest BCUT2D eigenvalue weighted by molar-refractivity contribution is 0.0531. The molecule has 1 aromatic heterocycles. The molecule has 8 nitrogen and oxygen atoms in total. The van der Waals surface area contributed by atoms with Crippen molar-refractivity contribution in [3.8, 4) is 0 Å². The Kier molecular flexibility index (Phi) is 6.66. The summed E-state index contributed by atoms with van der Waals surface area (Å²) in [6.45, 7) is 4.60. The lowest BCUT2D eigenvalue weighted by Crippen LogP contribution is -2.35. The number of esters is 1. The van der Waals surface area contributed by atoms with E-state index in [-0.39, 0.29) is 22.2 Å². The third kappa shape index (κ3) is 4.82. The van der Waals surface area contributed by atoms with E-state index in [0.29, 0.717) is 23.7 Å². The number of rotatable bonds is 6. The van der Waals surface area contributed by atoms with Gasteiger partial charge in [0.25, 0.3) is 5.91 Å². The Hall–Kier alpha value is -2.30. The van der Waals surface area contributed by atoms with Crippen molar-refractivity contribution < 1.29 is 22.7 Å². The van der Waals surface area contributed by atoms with Crippen molar-refractivity contribution in [2.24, 2.45) is 0 Å². The van der Waals surface area contributed by atoms with E-state index in [1.165, 1.54) is 22.5 Å². The van der Waals surface area contributed by atoms with Crippen LogP contribution in [-0.2, 0) is 14.8 Å². The number of thiazole rings is 1. The number of ether oxygens (including phenoxy) is 1. The number of sulfonamides is 1. The monoisotopic (exact) mass is 437 g/mol. The number of amides is 1. The molecule has 3 rings (SSSR count). The predicted octanol–water partition coefficient (Wildman–Crippen LogP) is 3.06. The van der Waals surface area contributed by atoms with E-state index in [4.69, 9.17) is 4.74 Å². The van der Waals surface area contributed by atoms with Gasteiger partial charge in [-0.1, -0.05) is 23.8 Å². The lowest BCUT2D eigenvalue weighted by Gasteiger charge is -2.26. The van der Waals surface area contributed by atoms with E-state index in [9.17, 15) is 18.0 Å². The molecular weight excluding hydrogens is 414 g/mol. The van der Waals surface area contributed by atoms with Crippen LogP contribution in [0, 0.1) is 6.92 Å². The minimum absolute atomic E-state index is 0.0922. The zero-order valence-electron chi connectivity index (χ0n) is 16.3. The second-order valence-electron chi connectivity index (χ2n) is 6.60. The topological polar surface area (TPSA) is 106 Å². The van der Waals surface area contributed by atoms with Crippen LogP contribution in [0.3, 0.4) is 0 Å². The van der Waals surface area contributed by atoms with E-state index in [2.05, 4.69) is 10.3 Å². The molecule has 156 valence electrons. The minimum atomic E-state index is -3.63. The summed E-state index contributed by atoms with van der Waals surface area (Å²) in [6.07, 6.45) is 2.70. The van der Waals surface area contributed by atoms with Crippen LogP contribution in [0.2, 0.25) is 0 Å². The van der Waals surface area contributed by atoms with Crippen LogP contribution in [0.15, 0.2) is 29.2 Å². The molecular formula is C19H23N3O5S2. The number of aryl methyl sites for hydroxylation is 1. The molecule has 1 aliphatic heterocycles. The van der Waals surface area contributed by atoms with Crippen LogP contribution in [0.5, 0.6) is 0 Å². The fourth-order valence-corrected chi connectivity index (χ4v) is 5.48. The fraction of sp³-hybridized carbons (Fsp3) is 0.421. The van der Waals surface area contributed by atoms with E-state index < -0.39 is 21.9 Å². The average Bonchev–Trinajstić information content (AvgIpc) is 3.09. The van der Waals surface area contributed by atoms with Crippen molar-refractivity contribution in [1.82, 2.24) is 9.29 Å². The minimum Gasteiger partial charge on any atom is -0.462 e. The van der Waals surface area contributed by atoms with Gasteiger partial charge in [-0.15, -0.1) is 0 Å². The number of carbonyl (C=O) groups is 2. The fourth-order valence-electron chi connectivity index (χ4n) is 3.06. The molecule has 0 radical (unpaired) electrons. The Bertz CT molecular complexity index is 1010. The van der Waals surface area contributed by atoms with Gasteiger partial charge >= 0.3 is 5.97 Å². The largest absolute Gasteiger partial charge is 0.462 e. The van der Waals surface area contributed by atoms with Crippen LogP contribution in [0.1, 0.15) is 51.9 Å². The van der Waals surface area contributed by atoms with Crippen LogP contribution >= 0.6 is 11.3 Å². The molecule has 1 aromatic carbocycles. The van der Waals surface area contributed by atoms with Gasteiger partial charge in [0, 0.05) is 18.7 Å². The maximum absolute atomic E-state index is 12.8. The Morgan fingerprint density at radius 3 is 2.66 bits per heavy atom. The van der Waals surface area contributed by atoms with Crippen molar-refractivity contribution in [3.63, 3.8) is 0 Å². The summed E-state index contributed by atoms with van der Waals surface area (Å²) >= 11 is 1.02. The van der Waals surface area contributed by atoms with Crippen LogP contribution in [0.25, 0.3) is 0 Å². The van der Waals surface area contributed by atoms with Gasteiger partial charge in [-0.05, 0) is 44.9 Å². The standard InChI is InChI=1S/C19H23N3O5S2/c1-3-27-18(24)16-13(2)20-19(28-16)21-17(23)14-8-7-9-15(12-14)29(25,26)22-10-5-4-6-11-22/h7-9,12H,3-6,10-11H2,1-2H3,(H,20,21,23). The molecule has 2 heterocycles. The molecule has 1 aliphatic rings. The molecule has 0 unspecified atom stereocenters. The number of benzene rings is 1. The van der Waals surface area contributed by atoms with E-state index >= 15 is 0 Å². The number of piperidine rings is 1. The third-order valence-corrected chi connectivity index (χ3v) is 7.47. The van der Waals surface area contributed by atoms with E-state index in [1.54, 1.807) is 19.9 Å². The van der Waals surface area contributed by atoms with Gasteiger partial charge in [0.05, 0.1) is 17.2 Å². The number of anilines is 1. The van der Waals surface area contributed by atoms with E-state index in [1.807, 2.05) is 0 Å². The van der Waals surface area contributed by atoms with Crippen molar-refractivity contribution in [3.05, 3.63) is 40.4 Å². The summed E-state index contributed by atoms with van der Waals surface area (Å²) < 4.78 is 32.1. The predicted molar refractivity (Wildman–Crippen MR) is 110 cm³/mol. The molecule has 10 heteroatoms. The zero-order valence-corrected chi connectivity index (χ0v) is 17.9. The average molecular weight is 438 g/mol. The lowest BCUT2D eigenvalue weighted by atomic mass is 10.2. The maximum atomic E-state index is 12.8. The number of carbonyl (C=O) groups excluding carboxylic acids is 2. The highest BCUT2D eigenvalue weighted by Gasteiger charge is 2.26. The first-order valence-corrected chi connectivity index (χ1v) is 11.6. The van der Waals surface area contributed by atoms with Crippen molar-refractivity contribution in [1.29, 1.82) is 0 Å². The molecule has 0 spiro atoms. The summed E-state index contributed by atoms with van der Waals surface area (Å²) in [5.41, 5.74) is 0.666. The van der Waals surface area contributed by atoms with Crippen molar-refractivity contribution in [2.45, 2.75) is 38.0 Å². The highest BCUT2D eigenvalue weighted by atomic mass is 32.2. The van der Waals surface area contributed by atoms with Gasteiger partial charge in [0.1, 0.15) is 4.88 Å².